The normalized spacial score (nSPS) is 16.8. The van der Waals surface area contributed by atoms with Crippen LogP contribution in [0.25, 0.3) is 0 Å². The Labute approximate surface area is 237 Å². The van der Waals surface area contributed by atoms with Crippen LogP contribution in [0.15, 0.2) is 35.5 Å². The molecule has 40 heavy (non-hydrogen) atoms. The Balaban J connectivity index is 1.81. The molecule has 0 fully saturated rings. The Morgan fingerprint density at radius 1 is 1.18 bits per heavy atom. The van der Waals surface area contributed by atoms with E-state index in [1.165, 1.54) is 18.2 Å². The van der Waals surface area contributed by atoms with E-state index in [9.17, 15) is 31.9 Å². The molecule has 1 aliphatic heterocycles. The number of rotatable bonds is 9. The molecule has 0 bridgehead atoms. The van der Waals surface area contributed by atoms with Crippen LogP contribution in [-0.4, -0.2) is 60.8 Å². The van der Waals surface area contributed by atoms with Gasteiger partial charge in [-0.05, 0) is 56.2 Å². The van der Waals surface area contributed by atoms with Crippen LogP contribution in [0.5, 0.6) is 0 Å². The summed E-state index contributed by atoms with van der Waals surface area (Å²) in [7, 11) is 0. The van der Waals surface area contributed by atoms with Gasteiger partial charge in [-0.1, -0.05) is 34.4 Å². The zero-order valence-electron chi connectivity index (χ0n) is 21.6. The minimum atomic E-state index is -4.66. The number of hydrogen-bond acceptors (Lipinski definition) is 6. The summed E-state index contributed by atoms with van der Waals surface area (Å²) in [6.45, 7) is 1.97. The second-order valence-electron chi connectivity index (χ2n) is 9.13. The standard InChI is InChI=1S/C26H25Cl2F4N3O5/c1-4-39-12-22(37)35(11-21(36)33-13-26(30,31)32)24(38)17-6-5-15(7-14(17)2)20-10-25(3,40-34-20)16-8-18(27)23(29)19(28)9-16/h5-9H,4,10-13H2,1-3H3,(H,33,36). The molecular formula is C26H25Cl2F4N3O5. The smallest absolute Gasteiger partial charge is 0.384 e. The Bertz CT molecular complexity index is 1330. The molecule has 0 saturated carbocycles. The molecule has 0 spiro atoms. The molecule has 2 aromatic carbocycles. The van der Waals surface area contributed by atoms with Crippen molar-refractivity contribution in [1.29, 1.82) is 0 Å². The van der Waals surface area contributed by atoms with Gasteiger partial charge < -0.3 is 14.9 Å². The van der Waals surface area contributed by atoms with Crippen molar-refractivity contribution >= 4 is 46.6 Å². The van der Waals surface area contributed by atoms with E-state index in [1.807, 2.05) is 0 Å². The van der Waals surface area contributed by atoms with E-state index in [4.69, 9.17) is 32.8 Å². The first-order chi connectivity index (χ1) is 18.6. The molecule has 3 amide bonds. The number of nitrogens with one attached hydrogen (secondary N) is 1. The largest absolute Gasteiger partial charge is 0.405 e. The molecule has 1 heterocycles. The highest BCUT2D eigenvalue weighted by Gasteiger charge is 2.38. The molecule has 0 aliphatic carbocycles. The Morgan fingerprint density at radius 3 is 2.40 bits per heavy atom. The van der Waals surface area contributed by atoms with Crippen molar-refractivity contribution in [3.05, 3.63) is 68.4 Å². The van der Waals surface area contributed by atoms with Crippen LogP contribution >= 0.6 is 23.2 Å². The molecule has 1 unspecified atom stereocenters. The number of nitrogens with zero attached hydrogens (tertiary/aromatic N) is 2. The van der Waals surface area contributed by atoms with Gasteiger partial charge >= 0.3 is 6.18 Å². The first kappa shape index (κ1) is 31.3. The third kappa shape index (κ3) is 7.49. The maximum atomic E-state index is 13.9. The number of alkyl halides is 3. The fraction of sp³-hybridized carbons (Fsp3) is 0.385. The number of carbonyl (C=O) groups excluding carboxylic acids is 3. The van der Waals surface area contributed by atoms with Gasteiger partial charge in [0.2, 0.25) is 5.91 Å². The lowest BCUT2D eigenvalue weighted by Gasteiger charge is -2.23. The summed E-state index contributed by atoms with van der Waals surface area (Å²) in [5, 5.41) is 5.44. The van der Waals surface area contributed by atoms with Crippen LogP contribution in [0.1, 0.15) is 47.3 Å². The Kier molecular flexibility index (Phi) is 9.81. The second-order valence-corrected chi connectivity index (χ2v) is 9.95. The summed E-state index contributed by atoms with van der Waals surface area (Å²) < 4.78 is 56.4. The monoisotopic (exact) mass is 605 g/mol. The van der Waals surface area contributed by atoms with Crippen molar-refractivity contribution in [3.8, 4) is 0 Å². The van der Waals surface area contributed by atoms with Crippen molar-refractivity contribution in [2.75, 3.05) is 26.3 Å². The average Bonchev–Trinajstić information content (AvgIpc) is 3.30. The number of imide groups is 1. The number of halogens is 6. The summed E-state index contributed by atoms with van der Waals surface area (Å²) in [4.78, 5) is 44.2. The predicted molar refractivity (Wildman–Crippen MR) is 139 cm³/mol. The molecule has 1 atom stereocenters. The lowest BCUT2D eigenvalue weighted by molar-refractivity contribution is -0.142. The number of benzene rings is 2. The molecular weight excluding hydrogens is 581 g/mol. The SMILES string of the molecule is CCOCC(=O)N(CC(=O)NCC(F)(F)F)C(=O)c1ccc(C2=NOC(C)(c3cc(Cl)c(F)c(Cl)c3)C2)cc1C. The number of hydrogen-bond donors (Lipinski definition) is 1. The van der Waals surface area contributed by atoms with Gasteiger partial charge in [0.1, 0.15) is 19.7 Å². The molecule has 8 nitrogen and oxygen atoms in total. The van der Waals surface area contributed by atoms with Crippen LogP contribution in [0, 0.1) is 12.7 Å². The Morgan fingerprint density at radius 2 is 1.82 bits per heavy atom. The van der Waals surface area contributed by atoms with Crippen molar-refractivity contribution in [3.63, 3.8) is 0 Å². The topological polar surface area (TPSA) is 97.3 Å². The van der Waals surface area contributed by atoms with E-state index in [1.54, 1.807) is 38.2 Å². The van der Waals surface area contributed by atoms with Gasteiger partial charge in [-0.25, -0.2) is 4.39 Å². The molecule has 0 radical (unpaired) electrons. The highest BCUT2D eigenvalue weighted by atomic mass is 35.5. The van der Waals surface area contributed by atoms with Crippen LogP contribution < -0.4 is 5.32 Å². The lowest BCUT2D eigenvalue weighted by atomic mass is 9.88. The van der Waals surface area contributed by atoms with E-state index in [0.29, 0.717) is 27.3 Å². The van der Waals surface area contributed by atoms with Gasteiger partial charge in [0.25, 0.3) is 11.8 Å². The fourth-order valence-corrected chi connectivity index (χ4v) is 4.36. The van der Waals surface area contributed by atoms with Crippen LogP contribution in [0.3, 0.4) is 0 Å². The zero-order chi connectivity index (χ0) is 29.8. The number of oxime groups is 1. The summed E-state index contributed by atoms with van der Waals surface area (Å²) in [6, 6.07) is 7.36. The van der Waals surface area contributed by atoms with E-state index in [-0.39, 0.29) is 28.6 Å². The van der Waals surface area contributed by atoms with Gasteiger partial charge in [-0.2, -0.15) is 13.2 Å². The highest BCUT2D eigenvalue weighted by molar-refractivity contribution is 6.35. The number of aryl methyl sites for hydroxylation is 1. The van der Waals surface area contributed by atoms with Crippen LogP contribution in [0.4, 0.5) is 17.6 Å². The van der Waals surface area contributed by atoms with Gasteiger partial charge in [0, 0.05) is 24.2 Å². The molecule has 0 saturated heterocycles. The molecule has 0 aromatic heterocycles. The number of carbonyl (C=O) groups is 3. The molecule has 2 aromatic rings. The minimum Gasteiger partial charge on any atom is -0.384 e. The van der Waals surface area contributed by atoms with Gasteiger partial charge in [0.05, 0.1) is 15.8 Å². The third-order valence-corrected chi connectivity index (χ3v) is 6.56. The van der Waals surface area contributed by atoms with Crippen LogP contribution in [-0.2, 0) is 24.8 Å². The molecule has 216 valence electrons. The van der Waals surface area contributed by atoms with E-state index >= 15 is 0 Å². The summed E-state index contributed by atoms with van der Waals surface area (Å²) in [6.07, 6.45) is -4.42. The van der Waals surface area contributed by atoms with Crippen molar-refractivity contribution in [2.24, 2.45) is 5.16 Å². The lowest BCUT2D eigenvalue weighted by Crippen LogP contribution is -2.47. The van der Waals surface area contributed by atoms with Crippen molar-refractivity contribution in [1.82, 2.24) is 10.2 Å². The number of ether oxygens (including phenoxy) is 1. The Hall–Kier alpha value is -3.22. The molecule has 14 heteroatoms. The summed E-state index contributed by atoms with van der Waals surface area (Å²) in [5.74, 6) is -3.70. The maximum Gasteiger partial charge on any atom is 0.405 e. The van der Waals surface area contributed by atoms with E-state index in [2.05, 4.69) is 5.16 Å². The van der Waals surface area contributed by atoms with Crippen LogP contribution in [0.2, 0.25) is 10.0 Å². The fourth-order valence-electron chi connectivity index (χ4n) is 3.88. The van der Waals surface area contributed by atoms with E-state index in [0.717, 1.165) is 0 Å². The highest BCUT2D eigenvalue weighted by Crippen LogP contribution is 2.39. The van der Waals surface area contributed by atoms with Gasteiger partial charge in [0.15, 0.2) is 11.4 Å². The van der Waals surface area contributed by atoms with Gasteiger partial charge in [-0.3, -0.25) is 19.3 Å². The zero-order valence-corrected chi connectivity index (χ0v) is 23.1. The van der Waals surface area contributed by atoms with Crippen molar-refractivity contribution in [2.45, 2.75) is 39.0 Å². The third-order valence-electron chi connectivity index (χ3n) is 6.01. The average molecular weight is 606 g/mol. The number of amides is 3. The summed E-state index contributed by atoms with van der Waals surface area (Å²) in [5.41, 5.74) is 1.00. The van der Waals surface area contributed by atoms with Crippen molar-refractivity contribution < 1.29 is 41.5 Å². The molecule has 1 N–H and O–H groups in total. The second kappa shape index (κ2) is 12.5. The minimum absolute atomic E-state index is 0.0385. The predicted octanol–water partition coefficient (Wildman–Crippen LogP) is 5.16. The quantitative estimate of drug-likeness (QED) is 0.314. The van der Waals surface area contributed by atoms with E-state index < -0.39 is 55.0 Å². The molecule has 1 aliphatic rings. The maximum absolute atomic E-state index is 13.9. The first-order valence-electron chi connectivity index (χ1n) is 11.9. The summed E-state index contributed by atoms with van der Waals surface area (Å²) >= 11 is 11.9. The first-order valence-corrected chi connectivity index (χ1v) is 12.7. The van der Waals surface area contributed by atoms with Gasteiger partial charge in [-0.15, -0.1) is 0 Å². The molecule has 3 rings (SSSR count).